The average molecular weight is 287 g/mol. The highest BCUT2D eigenvalue weighted by Crippen LogP contribution is 2.17. The third-order valence-corrected chi connectivity index (χ3v) is 3.82. The van der Waals surface area contributed by atoms with Crippen molar-refractivity contribution in [2.24, 2.45) is 0 Å². The summed E-state index contributed by atoms with van der Waals surface area (Å²) in [7, 11) is 0. The molecular formula is C16H21N3O2. The van der Waals surface area contributed by atoms with Gasteiger partial charge in [0.2, 0.25) is 0 Å². The third-order valence-electron chi connectivity index (χ3n) is 3.82. The second kappa shape index (κ2) is 6.37. The number of imidazole rings is 1. The van der Waals surface area contributed by atoms with Crippen molar-refractivity contribution in [2.75, 3.05) is 19.8 Å². The third kappa shape index (κ3) is 2.99. The Bertz CT molecular complexity index is 629. The first-order valence-electron chi connectivity index (χ1n) is 7.57. The minimum Gasteiger partial charge on any atom is -0.378 e. The van der Waals surface area contributed by atoms with Crippen molar-refractivity contribution in [3.8, 4) is 0 Å². The van der Waals surface area contributed by atoms with Crippen LogP contribution in [0.15, 0.2) is 24.3 Å². The molecule has 0 saturated carbocycles. The molecule has 3 rings (SSSR count). The largest absolute Gasteiger partial charge is 0.378 e. The van der Waals surface area contributed by atoms with Crippen LogP contribution in [0.3, 0.4) is 0 Å². The monoisotopic (exact) mass is 287 g/mol. The van der Waals surface area contributed by atoms with Gasteiger partial charge < -0.3 is 14.6 Å². The van der Waals surface area contributed by atoms with Crippen LogP contribution < -0.4 is 5.32 Å². The zero-order valence-electron chi connectivity index (χ0n) is 12.3. The number of aryl methyl sites for hydroxylation is 1. The number of benzene rings is 1. The molecule has 112 valence electrons. The van der Waals surface area contributed by atoms with Gasteiger partial charge in [0.1, 0.15) is 5.82 Å². The van der Waals surface area contributed by atoms with E-state index in [0.717, 1.165) is 36.4 Å². The molecule has 21 heavy (non-hydrogen) atoms. The zero-order valence-corrected chi connectivity index (χ0v) is 12.3. The van der Waals surface area contributed by atoms with Gasteiger partial charge in [0.05, 0.1) is 36.7 Å². The quantitative estimate of drug-likeness (QED) is 0.906. The lowest BCUT2D eigenvalue weighted by atomic mass is 10.1. The standard InChI is InChI=1S/C16H21N3O2/c1-2-8-19-14-6-4-3-5-12(14)18-16(19)10-15(20)13-11-21-9-7-17-13/h3-6,13,17H,2,7-11H2,1H3. The van der Waals surface area contributed by atoms with Crippen LogP contribution in [0, 0.1) is 0 Å². The van der Waals surface area contributed by atoms with Crippen LogP contribution in [0.4, 0.5) is 0 Å². The Labute approximate surface area is 124 Å². The number of nitrogens with zero attached hydrogens (tertiary/aromatic N) is 2. The second-order valence-electron chi connectivity index (χ2n) is 5.39. The van der Waals surface area contributed by atoms with Gasteiger partial charge >= 0.3 is 0 Å². The maximum Gasteiger partial charge on any atom is 0.159 e. The number of nitrogens with one attached hydrogen (secondary N) is 1. The van der Waals surface area contributed by atoms with Gasteiger partial charge in [-0.15, -0.1) is 0 Å². The summed E-state index contributed by atoms with van der Waals surface area (Å²) >= 11 is 0. The lowest BCUT2D eigenvalue weighted by Gasteiger charge is -2.22. The number of hydrogen-bond donors (Lipinski definition) is 1. The van der Waals surface area contributed by atoms with Crippen molar-refractivity contribution < 1.29 is 9.53 Å². The molecule has 1 aliphatic heterocycles. The highest BCUT2D eigenvalue weighted by molar-refractivity contribution is 5.87. The molecule has 0 amide bonds. The van der Waals surface area contributed by atoms with Crippen molar-refractivity contribution >= 4 is 16.8 Å². The minimum atomic E-state index is -0.200. The van der Waals surface area contributed by atoms with E-state index in [1.54, 1.807) is 0 Å². The molecule has 2 aromatic rings. The van der Waals surface area contributed by atoms with E-state index in [1.807, 2.05) is 18.2 Å². The zero-order chi connectivity index (χ0) is 14.7. The summed E-state index contributed by atoms with van der Waals surface area (Å²) < 4.78 is 7.53. The molecule has 0 bridgehead atoms. The van der Waals surface area contributed by atoms with Gasteiger partial charge in [-0.3, -0.25) is 4.79 Å². The molecule has 2 heterocycles. The smallest absolute Gasteiger partial charge is 0.159 e. The molecule has 1 atom stereocenters. The SMILES string of the molecule is CCCn1c(CC(=O)C2COCCN2)nc2ccccc21. The first kappa shape index (κ1) is 14.2. The molecule has 1 fully saturated rings. The maximum absolute atomic E-state index is 12.4. The van der Waals surface area contributed by atoms with Gasteiger partial charge in [-0.2, -0.15) is 0 Å². The molecule has 5 heteroatoms. The molecule has 1 unspecified atom stereocenters. The van der Waals surface area contributed by atoms with Crippen molar-refractivity contribution in [2.45, 2.75) is 32.4 Å². The van der Waals surface area contributed by atoms with Gasteiger partial charge in [0.25, 0.3) is 0 Å². The first-order valence-corrected chi connectivity index (χ1v) is 7.57. The molecule has 1 aromatic heterocycles. The fourth-order valence-corrected chi connectivity index (χ4v) is 2.78. The topological polar surface area (TPSA) is 56.1 Å². The summed E-state index contributed by atoms with van der Waals surface area (Å²) in [5.41, 5.74) is 2.07. The molecule has 5 nitrogen and oxygen atoms in total. The van der Waals surface area contributed by atoms with Crippen molar-refractivity contribution in [3.63, 3.8) is 0 Å². The molecule has 1 aromatic carbocycles. The first-order chi connectivity index (χ1) is 10.3. The fraction of sp³-hybridized carbons (Fsp3) is 0.500. The Kier molecular flexibility index (Phi) is 4.31. The van der Waals surface area contributed by atoms with Gasteiger partial charge in [0.15, 0.2) is 5.78 Å². The number of ketones is 1. The van der Waals surface area contributed by atoms with E-state index < -0.39 is 0 Å². The molecule has 0 spiro atoms. The number of carbonyl (C=O) groups is 1. The Hall–Kier alpha value is -1.72. The van der Waals surface area contributed by atoms with Crippen LogP contribution in [-0.2, 0) is 22.5 Å². The number of para-hydroxylation sites is 2. The lowest BCUT2D eigenvalue weighted by Crippen LogP contribution is -2.47. The van der Waals surface area contributed by atoms with E-state index in [2.05, 4.69) is 27.9 Å². The molecule has 0 aliphatic carbocycles. The minimum absolute atomic E-state index is 0.155. The van der Waals surface area contributed by atoms with E-state index in [9.17, 15) is 4.79 Å². The van der Waals surface area contributed by atoms with Crippen LogP contribution in [0.1, 0.15) is 19.2 Å². The van der Waals surface area contributed by atoms with E-state index in [-0.39, 0.29) is 11.8 Å². The summed E-state index contributed by atoms with van der Waals surface area (Å²) in [6.07, 6.45) is 1.38. The van der Waals surface area contributed by atoms with E-state index in [1.165, 1.54) is 0 Å². The number of Topliss-reactive ketones (excluding diaryl/α,β-unsaturated/α-hetero) is 1. The molecular weight excluding hydrogens is 266 g/mol. The number of morpholine rings is 1. The number of ether oxygens (including phenoxy) is 1. The van der Waals surface area contributed by atoms with Gasteiger partial charge in [-0.05, 0) is 18.6 Å². The highest BCUT2D eigenvalue weighted by atomic mass is 16.5. The number of fused-ring (bicyclic) bond motifs is 1. The summed E-state index contributed by atoms with van der Waals surface area (Å²) in [6, 6.07) is 7.85. The Balaban J connectivity index is 1.85. The Morgan fingerprint density at radius 2 is 2.33 bits per heavy atom. The summed E-state index contributed by atoms with van der Waals surface area (Å²) in [6.45, 7) is 4.90. The van der Waals surface area contributed by atoms with E-state index >= 15 is 0 Å². The van der Waals surface area contributed by atoms with Crippen LogP contribution in [0.25, 0.3) is 11.0 Å². The van der Waals surface area contributed by atoms with Crippen LogP contribution in [0.5, 0.6) is 0 Å². The fourth-order valence-electron chi connectivity index (χ4n) is 2.78. The van der Waals surface area contributed by atoms with Crippen LogP contribution in [-0.4, -0.2) is 41.1 Å². The maximum atomic E-state index is 12.4. The van der Waals surface area contributed by atoms with Gasteiger partial charge in [-0.25, -0.2) is 4.98 Å². The molecule has 1 N–H and O–H groups in total. The normalized spacial score (nSPS) is 19.0. The number of rotatable bonds is 5. The van der Waals surface area contributed by atoms with Crippen LogP contribution >= 0.6 is 0 Å². The summed E-state index contributed by atoms with van der Waals surface area (Å²) in [4.78, 5) is 17.0. The number of hydrogen-bond acceptors (Lipinski definition) is 4. The molecule has 0 radical (unpaired) electrons. The number of aromatic nitrogens is 2. The summed E-state index contributed by atoms with van der Waals surface area (Å²) in [5, 5.41) is 3.21. The van der Waals surface area contributed by atoms with Crippen molar-refractivity contribution in [3.05, 3.63) is 30.1 Å². The lowest BCUT2D eigenvalue weighted by molar-refractivity contribution is -0.123. The van der Waals surface area contributed by atoms with Crippen molar-refractivity contribution in [1.82, 2.24) is 14.9 Å². The Morgan fingerprint density at radius 3 is 3.10 bits per heavy atom. The second-order valence-corrected chi connectivity index (χ2v) is 5.39. The van der Waals surface area contributed by atoms with E-state index in [4.69, 9.17) is 4.74 Å². The molecule has 1 saturated heterocycles. The summed E-state index contributed by atoms with van der Waals surface area (Å²) in [5.74, 6) is 1.01. The predicted octanol–water partition coefficient (Wildman–Crippen LogP) is 1.55. The van der Waals surface area contributed by atoms with Gasteiger partial charge in [-0.1, -0.05) is 19.1 Å². The van der Waals surface area contributed by atoms with Crippen LogP contribution in [0.2, 0.25) is 0 Å². The van der Waals surface area contributed by atoms with Gasteiger partial charge in [0, 0.05) is 13.1 Å². The predicted molar refractivity (Wildman–Crippen MR) is 81.3 cm³/mol. The Morgan fingerprint density at radius 1 is 1.48 bits per heavy atom. The van der Waals surface area contributed by atoms with Crippen molar-refractivity contribution in [1.29, 1.82) is 0 Å². The number of carbonyl (C=O) groups excluding carboxylic acids is 1. The molecule has 1 aliphatic rings. The highest BCUT2D eigenvalue weighted by Gasteiger charge is 2.23. The van der Waals surface area contributed by atoms with E-state index in [0.29, 0.717) is 19.6 Å². The average Bonchev–Trinajstić information content (AvgIpc) is 2.86.